The third kappa shape index (κ3) is 2.03. The Hall–Kier alpha value is -1.02. The van der Waals surface area contributed by atoms with Crippen molar-refractivity contribution in [1.82, 2.24) is 5.32 Å². The molecule has 1 saturated heterocycles. The fraction of sp³-hybridized carbons (Fsp3) is 0.625. The van der Waals surface area contributed by atoms with Gasteiger partial charge in [0.2, 0.25) is 0 Å². The molecule has 1 aromatic rings. The molecule has 1 N–H and O–H groups in total. The molecule has 0 bridgehead atoms. The van der Waals surface area contributed by atoms with E-state index in [0.717, 1.165) is 12.1 Å². The number of benzene rings is 1. The molecule has 1 aromatic carbocycles. The van der Waals surface area contributed by atoms with Crippen LogP contribution in [0.1, 0.15) is 36.8 Å². The van der Waals surface area contributed by atoms with E-state index in [4.69, 9.17) is 0 Å². The Labute approximate surface area is 109 Å². The zero-order chi connectivity index (χ0) is 11.9. The summed E-state index contributed by atoms with van der Waals surface area (Å²) in [5.41, 5.74) is 4.65. The second-order valence-corrected chi connectivity index (χ2v) is 6.18. The average Bonchev–Trinajstić information content (AvgIpc) is 2.91. The van der Waals surface area contributed by atoms with Crippen LogP contribution in [0.4, 0.5) is 5.69 Å². The van der Waals surface area contributed by atoms with E-state index in [1.807, 2.05) is 0 Å². The number of rotatable bonds is 3. The Morgan fingerprint density at radius 3 is 2.78 bits per heavy atom. The van der Waals surface area contributed by atoms with Crippen LogP contribution in [0.2, 0.25) is 0 Å². The Balaban J connectivity index is 1.46. The van der Waals surface area contributed by atoms with Crippen molar-refractivity contribution in [2.24, 2.45) is 0 Å². The van der Waals surface area contributed by atoms with Crippen LogP contribution in [-0.4, -0.2) is 25.2 Å². The van der Waals surface area contributed by atoms with Crippen molar-refractivity contribution >= 4 is 5.69 Å². The van der Waals surface area contributed by atoms with E-state index in [1.165, 1.54) is 57.3 Å². The predicted octanol–water partition coefficient (Wildman–Crippen LogP) is 2.51. The first-order valence-corrected chi connectivity index (χ1v) is 7.51. The average molecular weight is 242 g/mol. The summed E-state index contributed by atoms with van der Waals surface area (Å²) in [6.07, 6.45) is 8.05. The van der Waals surface area contributed by atoms with E-state index in [9.17, 15) is 0 Å². The second-order valence-electron chi connectivity index (χ2n) is 6.18. The van der Waals surface area contributed by atoms with Gasteiger partial charge in [0.05, 0.1) is 0 Å². The van der Waals surface area contributed by atoms with Crippen molar-refractivity contribution in [1.29, 1.82) is 0 Å². The summed E-state index contributed by atoms with van der Waals surface area (Å²) in [5, 5.41) is 3.76. The maximum atomic E-state index is 3.76. The van der Waals surface area contributed by atoms with Crippen LogP contribution in [-0.2, 0) is 12.8 Å². The van der Waals surface area contributed by atoms with E-state index in [0.29, 0.717) is 0 Å². The van der Waals surface area contributed by atoms with Gasteiger partial charge in [-0.05, 0) is 61.8 Å². The molecular weight excluding hydrogens is 220 g/mol. The fourth-order valence-electron chi connectivity index (χ4n) is 3.47. The summed E-state index contributed by atoms with van der Waals surface area (Å²) in [6.45, 7) is 2.43. The van der Waals surface area contributed by atoms with Crippen molar-refractivity contribution in [2.75, 3.05) is 18.0 Å². The summed E-state index contributed by atoms with van der Waals surface area (Å²) < 4.78 is 0. The Kier molecular flexibility index (Phi) is 2.58. The summed E-state index contributed by atoms with van der Waals surface area (Å²) in [7, 11) is 0. The van der Waals surface area contributed by atoms with Gasteiger partial charge in [0.1, 0.15) is 0 Å². The number of anilines is 1. The molecule has 3 aliphatic rings. The molecule has 2 nitrogen and oxygen atoms in total. The van der Waals surface area contributed by atoms with Gasteiger partial charge in [0, 0.05) is 30.9 Å². The van der Waals surface area contributed by atoms with Crippen molar-refractivity contribution in [3.63, 3.8) is 0 Å². The summed E-state index contributed by atoms with van der Waals surface area (Å²) in [4.78, 5) is 2.57. The molecule has 2 aliphatic carbocycles. The molecule has 1 saturated carbocycles. The zero-order valence-electron chi connectivity index (χ0n) is 11.0. The van der Waals surface area contributed by atoms with E-state index < -0.39 is 0 Å². The minimum Gasteiger partial charge on any atom is -0.370 e. The maximum absolute atomic E-state index is 3.76. The number of fused-ring (bicyclic) bond motifs is 1. The molecule has 4 rings (SSSR count). The lowest BCUT2D eigenvalue weighted by Crippen LogP contribution is -2.33. The van der Waals surface area contributed by atoms with Gasteiger partial charge < -0.3 is 10.2 Å². The van der Waals surface area contributed by atoms with E-state index in [1.54, 1.807) is 11.1 Å². The van der Waals surface area contributed by atoms with Gasteiger partial charge >= 0.3 is 0 Å². The van der Waals surface area contributed by atoms with Crippen molar-refractivity contribution in [3.05, 3.63) is 29.3 Å². The molecule has 1 aliphatic heterocycles. The topological polar surface area (TPSA) is 15.3 Å². The number of hydrogen-bond donors (Lipinski definition) is 1. The number of aryl methyl sites for hydroxylation is 2. The van der Waals surface area contributed by atoms with Crippen LogP contribution < -0.4 is 10.2 Å². The van der Waals surface area contributed by atoms with Gasteiger partial charge in [-0.15, -0.1) is 0 Å². The second kappa shape index (κ2) is 4.27. The Morgan fingerprint density at radius 1 is 1.00 bits per heavy atom. The van der Waals surface area contributed by atoms with E-state index in [-0.39, 0.29) is 0 Å². The molecule has 0 radical (unpaired) electrons. The quantitative estimate of drug-likeness (QED) is 0.876. The Morgan fingerprint density at radius 2 is 1.89 bits per heavy atom. The van der Waals surface area contributed by atoms with Gasteiger partial charge in [-0.1, -0.05) is 6.07 Å². The molecule has 96 valence electrons. The lowest BCUT2D eigenvalue weighted by molar-refractivity contribution is 0.548. The highest BCUT2D eigenvalue weighted by Crippen LogP contribution is 2.29. The molecule has 1 unspecified atom stereocenters. The molecular formula is C16H22N2. The highest BCUT2D eigenvalue weighted by molar-refractivity contribution is 5.53. The van der Waals surface area contributed by atoms with Gasteiger partial charge in [-0.25, -0.2) is 0 Å². The molecule has 2 fully saturated rings. The van der Waals surface area contributed by atoms with E-state index >= 15 is 0 Å². The summed E-state index contributed by atoms with van der Waals surface area (Å²) >= 11 is 0. The normalized spacial score (nSPS) is 26.7. The SMILES string of the molecule is c1cc2c(cc1N1CCC(NC3CC3)C1)CCC2. The van der Waals surface area contributed by atoms with E-state index in [2.05, 4.69) is 28.4 Å². The minimum atomic E-state index is 0.728. The van der Waals surface area contributed by atoms with Crippen molar-refractivity contribution in [2.45, 2.75) is 50.6 Å². The van der Waals surface area contributed by atoms with Crippen LogP contribution in [0.5, 0.6) is 0 Å². The third-order valence-electron chi connectivity index (χ3n) is 4.68. The number of nitrogens with zero attached hydrogens (tertiary/aromatic N) is 1. The standard InChI is InChI=1S/C16H22N2/c1-2-12-4-7-16(10-13(12)3-1)18-9-8-15(11-18)17-14-5-6-14/h4,7,10,14-15,17H,1-3,5-6,8-9,11H2. The third-order valence-corrected chi connectivity index (χ3v) is 4.68. The predicted molar refractivity (Wildman–Crippen MR) is 75.2 cm³/mol. The lowest BCUT2D eigenvalue weighted by atomic mass is 10.1. The molecule has 18 heavy (non-hydrogen) atoms. The maximum Gasteiger partial charge on any atom is 0.0369 e. The molecule has 1 heterocycles. The number of nitrogens with one attached hydrogen (secondary N) is 1. The largest absolute Gasteiger partial charge is 0.370 e. The molecule has 1 atom stereocenters. The monoisotopic (exact) mass is 242 g/mol. The summed E-state index contributed by atoms with van der Waals surface area (Å²) in [6, 6.07) is 8.71. The van der Waals surface area contributed by atoms with Crippen molar-refractivity contribution in [3.8, 4) is 0 Å². The molecule has 0 aromatic heterocycles. The first-order chi connectivity index (χ1) is 8.88. The van der Waals surface area contributed by atoms with Crippen LogP contribution >= 0.6 is 0 Å². The van der Waals surface area contributed by atoms with Gasteiger partial charge in [0.25, 0.3) is 0 Å². The lowest BCUT2D eigenvalue weighted by Gasteiger charge is -2.20. The van der Waals surface area contributed by atoms with Gasteiger partial charge in [0.15, 0.2) is 0 Å². The fourth-order valence-corrected chi connectivity index (χ4v) is 3.47. The molecule has 0 amide bonds. The molecule has 2 heteroatoms. The number of hydrogen-bond acceptors (Lipinski definition) is 2. The first kappa shape index (κ1) is 10.9. The highest BCUT2D eigenvalue weighted by atomic mass is 15.2. The van der Waals surface area contributed by atoms with Gasteiger partial charge in [-0.2, -0.15) is 0 Å². The van der Waals surface area contributed by atoms with Crippen LogP contribution in [0.25, 0.3) is 0 Å². The van der Waals surface area contributed by atoms with Gasteiger partial charge in [-0.3, -0.25) is 0 Å². The zero-order valence-corrected chi connectivity index (χ0v) is 11.0. The highest BCUT2D eigenvalue weighted by Gasteiger charge is 2.29. The molecule has 0 spiro atoms. The Bertz CT molecular complexity index is 450. The smallest absolute Gasteiger partial charge is 0.0369 e. The summed E-state index contributed by atoms with van der Waals surface area (Å²) in [5.74, 6) is 0. The van der Waals surface area contributed by atoms with Crippen LogP contribution in [0.15, 0.2) is 18.2 Å². The minimum absolute atomic E-state index is 0.728. The van der Waals surface area contributed by atoms with Crippen molar-refractivity contribution < 1.29 is 0 Å². The van der Waals surface area contributed by atoms with Crippen LogP contribution in [0, 0.1) is 0 Å². The van der Waals surface area contributed by atoms with Crippen LogP contribution in [0.3, 0.4) is 0 Å². The first-order valence-electron chi connectivity index (χ1n) is 7.51.